The number of methoxy groups -OCH3 is 1. The Labute approximate surface area is 98.6 Å². The first-order chi connectivity index (χ1) is 7.93. The van der Waals surface area contributed by atoms with Gasteiger partial charge in [-0.15, -0.1) is 0 Å². The number of ether oxygens (including phenoxy) is 1. The van der Waals surface area contributed by atoms with Crippen molar-refractivity contribution in [3.63, 3.8) is 0 Å². The molecule has 1 rings (SSSR count). The molecule has 2 N–H and O–H groups in total. The minimum absolute atomic E-state index is 0.182. The standard InChI is InChI=1S/C12H16F3NO/c1-17-6-5-11(16)8-9-3-2-4-10(7-9)12(13,14)15/h2-4,7,11H,5-6,8,16H2,1H3. The predicted octanol–water partition coefficient (Wildman–Crippen LogP) is 2.61. The van der Waals surface area contributed by atoms with E-state index in [-0.39, 0.29) is 6.04 Å². The molecular formula is C12H16F3NO. The smallest absolute Gasteiger partial charge is 0.385 e. The Hall–Kier alpha value is -1.07. The fourth-order valence-electron chi connectivity index (χ4n) is 1.55. The molecule has 0 radical (unpaired) electrons. The van der Waals surface area contributed by atoms with E-state index in [0.29, 0.717) is 25.0 Å². The third-order valence-corrected chi connectivity index (χ3v) is 2.44. The van der Waals surface area contributed by atoms with Gasteiger partial charge in [0.2, 0.25) is 0 Å². The van der Waals surface area contributed by atoms with E-state index in [4.69, 9.17) is 10.5 Å². The third kappa shape index (κ3) is 4.75. The fraction of sp³-hybridized carbons (Fsp3) is 0.500. The van der Waals surface area contributed by atoms with Crippen molar-refractivity contribution in [2.45, 2.75) is 25.1 Å². The average molecular weight is 247 g/mol. The van der Waals surface area contributed by atoms with Gasteiger partial charge in [0, 0.05) is 19.8 Å². The lowest BCUT2D eigenvalue weighted by molar-refractivity contribution is -0.137. The van der Waals surface area contributed by atoms with Crippen molar-refractivity contribution in [1.82, 2.24) is 0 Å². The Bertz CT molecular complexity index is 352. The quantitative estimate of drug-likeness (QED) is 0.868. The summed E-state index contributed by atoms with van der Waals surface area (Å²) in [5, 5.41) is 0. The second-order valence-corrected chi connectivity index (χ2v) is 3.94. The molecule has 0 amide bonds. The average Bonchev–Trinajstić information content (AvgIpc) is 2.25. The number of hydrogen-bond donors (Lipinski definition) is 1. The van der Waals surface area contributed by atoms with E-state index >= 15 is 0 Å². The molecular weight excluding hydrogens is 231 g/mol. The Balaban J connectivity index is 2.66. The summed E-state index contributed by atoms with van der Waals surface area (Å²) in [5.74, 6) is 0. The highest BCUT2D eigenvalue weighted by atomic mass is 19.4. The summed E-state index contributed by atoms with van der Waals surface area (Å²) >= 11 is 0. The number of rotatable bonds is 5. The van der Waals surface area contributed by atoms with Crippen molar-refractivity contribution in [3.8, 4) is 0 Å². The number of benzene rings is 1. The van der Waals surface area contributed by atoms with E-state index in [1.165, 1.54) is 6.07 Å². The first-order valence-corrected chi connectivity index (χ1v) is 5.34. The van der Waals surface area contributed by atoms with Gasteiger partial charge in [-0.25, -0.2) is 0 Å². The molecule has 0 saturated heterocycles. The van der Waals surface area contributed by atoms with Crippen molar-refractivity contribution in [1.29, 1.82) is 0 Å². The molecule has 0 saturated carbocycles. The van der Waals surface area contributed by atoms with Gasteiger partial charge in [0.1, 0.15) is 0 Å². The van der Waals surface area contributed by atoms with E-state index in [0.717, 1.165) is 12.1 Å². The molecule has 17 heavy (non-hydrogen) atoms. The van der Waals surface area contributed by atoms with Crippen molar-refractivity contribution < 1.29 is 17.9 Å². The van der Waals surface area contributed by atoms with Crippen LogP contribution in [0.1, 0.15) is 17.5 Å². The molecule has 1 aromatic carbocycles. The van der Waals surface area contributed by atoms with Gasteiger partial charge in [-0.1, -0.05) is 18.2 Å². The van der Waals surface area contributed by atoms with Crippen molar-refractivity contribution in [2.24, 2.45) is 5.73 Å². The van der Waals surface area contributed by atoms with Gasteiger partial charge in [-0.2, -0.15) is 13.2 Å². The van der Waals surface area contributed by atoms with E-state index in [1.54, 1.807) is 13.2 Å². The molecule has 0 aliphatic heterocycles. The SMILES string of the molecule is COCCC(N)Cc1cccc(C(F)(F)F)c1. The lowest BCUT2D eigenvalue weighted by atomic mass is 10.0. The second-order valence-electron chi connectivity index (χ2n) is 3.94. The van der Waals surface area contributed by atoms with Crippen LogP contribution in [0.15, 0.2) is 24.3 Å². The molecule has 0 heterocycles. The molecule has 96 valence electrons. The number of hydrogen-bond acceptors (Lipinski definition) is 2. The Kier molecular flexibility index (Phi) is 4.96. The maximum atomic E-state index is 12.5. The van der Waals surface area contributed by atoms with Gasteiger partial charge < -0.3 is 10.5 Å². The van der Waals surface area contributed by atoms with E-state index in [1.807, 2.05) is 0 Å². The van der Waals surface area contributed by atoms with Crippen molar-refractivity contribution in [2.75, 3.05) is 13.7 Å². The maximum Gasteiger partial charge on any atom is 0.416 e. The highest BCUT2D eigenvalue weighted by Crippen LogP contribution is 2.29. The Morgan fingerprint density at radius 2 is 2.06 bits per heavy atom. The van der Waals surface area contributed by atoms with Crippen molar-refractivity contribution in [3.05, 3.63) is 35.4 Å². The summed E-state index contributed by atoms with van der Waals surface area (Å²) in [5.41, 5.74) is 5.76. The number of nitrogens with two attached hydrogens (primary N) is 1. The van der Waals surface area contributed by atoms with E-state index in [2.05, 4.69) is 0 Å². The molecule has 0 aromatic heterocycles. The number of alkyl halides is 3. The summed E-state index contributed by atoms with van der Waals surface area (Å²) in [4.78, 5) is 0. The van der Waals surface area contributed by atoms with E-state index in [9.17, 15) is 13.2 Å². The monoisotopic (exact) mass is 247 g/mol. The van der Waals surface area contributed by atoms with Crippen LogP contribution in [0.3, 0.4) is 0 Å². The summed E-state index contributed by atoms with van der Waals surface area (Å²) in [6.07, 6.45) is -3.24. The van der Waals surface area contributed by atoms with Crippen LogP contribution in [0, 0.1) is 0 Å². The molecule has 0 aliphatic rings. The lowest BCUT2D eigenvalue weighted by Gasteiger charge is -2.13. The minimum Gasteiger partial charge on any atom is -0.385 e. The summed E-state index contributed by atoms with van der Waals surface area (Å²) in [6, 6.07) is 5.08. The van der Waals surface area contributed by atoms with Crippen LogP contribution < -0.4 is 5.73 Å². The van der Waals surface area contributed by atoms with Crippen LogP contribution in [-0.2, 0) is 17.3 Å². The fourth-order valence-corrected chi connectivity index (χ4v) is 1.55. The second kappa shape index (κ2) is 6.02. The lowest BCUT2D eigenvalue weighted by Crippen LogP contribution is -2.24. The highest BCUT2D eigenvalue weighted by Gasteiger charge is 2.30. The predicted molar refractivity (Wildman–Crippen MR) is 59.6 cm³/mol. The van der Waals surface area contributed by atoms with Crippen LogP contribution in [0.5, 0.6) is 0 Å². The topological polar surface area (TPSA) is 35.2 Å². The molecule has 5 heteroatoms. The first-order valence-electron chi connectivity index (χ1n) is 5.34. The molecule has 1 atom stereocenters. The molecule has 2 nitrogen and oxygen atoms in total. The normalized spacial score (nSPS) is 13.7. The van der Waals surface area contributed by atoms with Gasteiger partial charge in [-0.05, 0) is 24.5 Å². The van der Waals surface area contributed by atoms with Gasteiger partial charge in [0.25, 0.3) is 0 Å². The van der Waals surface area contributed by atoms with Crippen LogP contribution in [0.4, 0.5) is 13.2 Å². The first kappa shape index (κ1) is 14.0. The molecule has 1 unspecified atom stereocenters. The van der Waals surface area contributed by atoms with Gasteiger partial charge in [0.15, 0.2) is 0 Å². The summed E-state index contributed by atoms with van der Waals surface area (Å²) < 4.78 is 42.2. The Morgan fingerprint density at radius 1 is 1.35 bits per heavy atom. The summed E-state index contributed by atoms with van der Waals surface area (Å²) in [6.45, 7) is 0.514. The van der Waals surface area contributed by atoms with Gasteiger partial charge >= 0.3 is 6.18 Å². The molecule has 0 bridgehead atoms. The van der Waals surface area contributed by atoms with Crippen LogP contribution >= 0.6 is 0 Å². The van der Waals surface area contributed by atoms with E-state index < -0.39 is 11.7 Å². The Morgan fingerprint density at radius 3 is 2.65 bits per heavy atom. The zero-order chi connectivity index (χ0) is 12.9. The zero-order valence-electron chi connectivity index (χ0n) is 9.63. The van der Waals surface area contributed by atoms with Crippen molar-refractivity contribution >= 4 is 0 Å². The van der Waals surface area contributed by atoms with Gasteiger partial charge in [0.05, 0.1) is 5.56 Å². The largest absolute Gasteiger partial charge is 0.416 e. The number of halogens is 3. The summed E-state index contributed by atoms with van der Waals surface area (Å²) in [7, 11) is 1.57. The van der Waals surface area contributed by atoms with Crippen LogP contribution in [0.2, 0.25) is 0 Å². The maximum absolute atomic E-state index is 12.5. The molecule has 0 aliphatic carbocycles. The van der Waals surface area contributed by atoms with Crippen LogP contribution in [0.25, 0.3) is 0 Å². The molecule has 0 spiro atoms. The molecule has 0 fully saturated rings. The van der Waals surface area contributed by atoms with Crippen LogP contribution in [-0.4, -0.2) is 19.8 Å². The highest BCUT2D eigenvalue weighted by molar-refractivity contribution is 5.26. The third-order valence-electron chi connectivity index (χ3n) is 2.44. The van der Waals surface area contributed by atoms with Gasteiger partial charge in [-0.3, -0.25) is 0 Å². The minimum atomic E-state index is -4.30. The molecule has 1 aromatic rings. The zero-order valence-corrected chi connectivity index (χ0v) is 9.63.